The third kappa shape index (κ3) is 3.84. The molecule has 2 amide bonds. The van der Waals surface area contributed by atoms with Crippen molar-refractivity contribution in [2.24, 2.45) is 0 Å². The van der Waals surface area contributed by atoms with Crippen LogP contribution in [0.4, 0.5) is 0 Å². The third-order valence-electron chi connectivity index (χ3n) is 4.33. The van der Waals surface area contributed by atoms with E-state index < -0.39 is 17.9 Å². The minimum Gasteiger partial charge on any atom is -0.494 e. The third-order valence-corrected chi connectivity index (χ3v) is 4.33. The Morgan fingerprint density at radius 3 is 2.44 bits per heavy atom. The lowest BCUT2D eigenvalue weighted by Crippen LogP contribution is -2.45. The van der Waals surface area contributed by atoms with E-state index in [1.165, 1.54) is 0 Å². The van der Waals surface area contributed by atoms with Gasteiger partial charge in [0.05, 0.1) is 18.7 Å². The number of carbonyl (C=O) groups is 3. The highest BCUT2D eigenvalue weighted by molar-refractivity contribution is 6.12. The Kier molecular flexibility index (Phi) is 5.54. The fraction of sp³-hybridized carbons (Fsp3) is 0.286. The molecular weight excluding hydrogens is 346 g/mol. The first-order valence-electron chi connectivity index (χ1n) is 8.92. The van der Waals surface area contributed by atoms with Crippen LogP contribution in [0.15, 0.2) is 48.5 Å². The van der Waals surface area contributed by atoms with Crippen LogP contribution in [-0.2, 0) is 4.79 Å². The molecule has 0 fully saturated rings. The number of rotatable bonds is 6. The monoisotopic (exact) mass is 367 g/mol. The van der Waals surface area contributed by atoms with E-state index in [1.54, 1.807) is 55.5 Å². The van der Waals surface area contributed by atoms with Crippen LogP contribution in [0.2, 0.25) is 0 Å². The summed E-state index contributed by atoms with van der Waals surface area (Å²) in [7, 11) is 0. The Bertz CT molecular complexity index is 859. The van der Waals surface area contributed by atoms with Crippen LogP contribution in [0, 0.1) is 0 Å². The molecule has 1 heterocycles. The maximum atomic E-state index is 12.9. The van der Waals surface area contributed by atoms with Crippen molar-refractivity contribution in [3.63, 3.8) is 0 Å². The molecule has 0 radical (unpaired) electrons. The lowest BCUT2D eigenvalue weighted by molar-refractivity contribution is -0.135. The molecule has 0 bridgehead atoms. The first-order valence-corrected chi connectivity index (χ1v) is 8.92. The van der Waals surface area contributed by atoms with Crippen molar-refractivity contribution in [3.05, 3.63) is 59.7 Å². The van der Waals surface area contributed by atoms with Crippen LogP contribution >= 0.6 is 0 Å². The highest BCUT2D eigenvalue weighted by Gasteiger charge is 2.36. The van der Waals surface area contributed by atoms with Crippen molar-refractivity contribution in [1.82, 2.24) is 4.90 Å². The van der Waals surface area contributed by atoms with E-state index in [1.807, 2.05) is 6.92 Å². The Morgan fingerprint density at radius 1 is 1.07 bits per heavy atom. The summed E-state index contributed by atoms with van der Waals surface area (Å²) in [5.74, 6) is -0.333. The maximum absolute atomic E-state index is 12.9. The summed E-state index contributed by atoms with van der Waals surface area (Å²) >= 11 is 0. The smallest absolute Gasteiger partial charge is 0.270 e. The molecule has 0 aliphatic carbocycles. The molecule has 0 aromatic heterocycles. The van der Waals surface area contributed by atoms with Crippen molar-refractivity contribution < 1.29 is 23.9 Å². The fourth-order valence-electron chi connectivity index (χ4n) is 2.92. The van der Waals surface area contributed by atoms with E-state index >= 15 is 0 Å². The van der Waals surface area contributed by atoms with Gasteiger partial charge in [0.25, 0.3) is 11.8 Å². The predicted octanol–water partition coefficient (Wildman–Crippen LogP) is 3.11. The topological polar surface area (TPSA) is 72.9 Å². The molecule has 1 aliphatic heterocycles. The molecule has 0 saturated heterocycles. The van der Waals surface area contributed by atoms with Gasteiger partial charge in [0.2, 0.25) is 0 Å². The van der Waals surface area contributed by atoms with Gasteiger partial charge < -0.3 is 9.47 Å². The molecule has 3 rings (SSSR count). The maximum Gasteiger partial charge on any atom is 0.270 e. The minimum absolute atomic E-state index is 0.279. The molecule has 1 aliphatic rings. The minimum atomic E-state index is -0.800. The van der Waals surface area contributed by atoms with E-state index in [0.29, 0.717) is 30.1 Å². The number of nitrogens with zero attached hydrogens (tertiary/aromatic N) is 1. The second-order valence-corrected chi connectivity index (χ2v) is 6.12. The summed E-state index contributed by atoms with van der Waals surface area (Å²) in [6, 6.07) is 13.3. The van der Waals surface area contributed by atoms with Crippen molar-refractivity contribution in [2.45, 2.75) is 26.4 Å². The normalized spacial score (nSPS) is 16.4. The van der Waals surface area contributed by atoms with E-state index in [-0.39, 0.29) is 17.9 Å². The zero-order chi connectivity index (χ0) is 19.4. The Balaban J connectivity index is 1.86. The molecule has 0 spiro atoms. The molecule has 0 N–H and O–H groups in total. The van der Waals surface area contributed by atoms with Gasteiger partial charge in [-0.15, -0.1) is 0 Å². The molecule has 6 heteroatoms. The summed E-state index contributed by atoms with van der Waals surface area (Å²) in [5.41, 5.74) is 0.687. The average molecular weight is 367 g/mol. The number of hydrogen-bond acceptors (Lipinski definition) is 5. The number of hydrogen-bond donors (Lipinski definition) is 0. The van der Waals surface area contributed by atoms with Gasteiger partial charge in [-0.1, -0.05) is 19.1 Å². The van der Waals surface area contributed by atoms with Crippen molar-refractivity contribution >= 4 is 17.6 Å². The second-order valence-electron chi connectivity index (χ2n) is 6.12. The summed E-state index contributed by atoms with van der Waals surface area (Å²) < 4.78 is 11.1. The molecule has 0 saturated carbocycles. The van der Waals surface area contributed by atoms with Gasteiger partial charge >= 0.3 is 0 Å². The quantitative estimate of drug-likeness (QED) is 0.579. The van der Waals surface area contributed by atoms with E-state index in [4.69, 9.17) is 9.47 Å². The van der Waals surface area contributed by atoms with Gasteiger partial charge in [-0.05, 0) is 49.7 Å². The molecule has 0 unspecified atom stereocenters. The van der Waals surface area contributed by atoms with Crippen LogP contribution in [0.1, 0.15) is 41.0 Å². The Labute approximate surface area is 157 Å². The highest BCUT2D eigenvalue weighted by Crippen LogP contribution is 2.26. The predicted molar refractivity (Wildman–Crippen MR) is 99.1 cm³/mol. The number of ether oxygens (including phenoxy) is 2. The van der Waals surface area contributed by atoms with Crippen LogP contribution in [-0.4, -0.2) is 41.8 Å². The number of carbonyl (C=O) groups excluding carboxylic acids is 3. The van der Waals surface area contributed by atoms with Gasteiger partial charge in [-0.25, -0.2) is 0 Å². The number of para-hydroxylation sites is 1. The molecule has 1 atom stereocenters. The van der Waals surface area contributed by atoms with Gasteiger partial charge in [0, 0.05) is 5.56 Å². The zero-order valence-electron chi connectivity index (χ0n) is 15.3. The number of ketones is 1. The SMILES string of the molecule is CCOc1ccc(C(=O)CN2C(=O)c3ccccc3O[C@@H](CC)C2=O)cc1. The van der Waals surface area contributed by atoms with E-state index in [0.717, 1.165) is 4.90 Å². The molecule has 6 nitrogen and oxygen atoms in total. The zero-order valence-corrected chi connectivity index (χ0v) is 15.3. The van der Waals surface area contributed by atoms with Crippen LogP contribution in [0.5, 0.6) is 11.5 Å². The van der Waals surface area contributed by atoms with Gasteiger partial charge in [0.1, 0.15) is 11.5 Å². The van der Waals surface area contributed by atoms with Gasteiger partial charge in [0.15, 0.2) is 11.9 Å². The summed E-state index contributed by atoms with van der Waals surface area (Å²) in [6.45, 7) is 3.87. The lowest BCUT2D eigenvalue weighted by atomic mass is 10.1. The first-order chi connectivity index (χ1) is 13.0. The van der Waals surface area contributed by atoms with E-state index in [2.05, 4.69) is 0 Å². The van der Waals surface area contributed by atoms with Crippen molar-refractivity contribution in [3.8, 4) is 11.5 Å². The standard InChI is InChI=1S/C21H21NO5/c1-3-18-21(25)22(20(24)16-7-5-6-8-19(16)27-18)13-17(23)14-9-11-15(12-10-14)26-4-2/h5-12,18H,3-4,13H2,1-2H3/t18-/m0/s1. The van der Waals surface area contributed by atoms with Crippen LogP contribution in [0.3, 0.4) is 0 Å². The molecule has 27 heavy (non-hydrogen) atoms. The van der Waals surface area contributed by atoms with Gasteiger partial charge in [-0.3, -0.25) is 19.3 Å². The molecule has 2 aromatic rings. The largest absolute Gasteiger partial charge is 0.494 e. The van der Waals surface area contributed by atoms with Crippen LogP contribution in [0.25, 0.3) is 0 Å². The average Bonchev–Trinajstić information content (AvgIpc) is 2.79. The number of fused-ring (bicyclic) bond motifs is 1. The summed E-state index contributed by atoms with van der Waals surface area (Å²) in [6.07, 6.45) is -0.403. The Morgan fingerprint density at radius 2 is 1.78 bits per heavy atom. The van der Waals surface area contributed by atoms with Crippen molar-refractivity contribution in [2.75, 3.05) is 13.2 Å². The fourth-order valence-corrected chi connectivity index (χ4v) is 2.92. The van der Waals surface area contributed by atoms with E-state index in [9.17, 15) is 14.4 Å². The lowest BCUT2D eigenvalue weighted by Gasteiger charge is -2.21. The number of imide groups is 1. The number of amides is 2. The number of Topliss-reactive ketones (excluding diaryl/α,β-unsaturated/α-hetero) is 1. The van der Waals surface area contributed by atoms with Gasteiger partial charge in [-0.2, -0.15) is 0 Å². The number of benzene rings is 2. The van der Waals surface area contributed by atoms with Crippen LogP contribution < -0.4 is 9.47 Å². The highest BCUT2D eigenvalue weighted by atomic mass is 16.5. The first kappa shape index (κ1) is 18.6. The van der Waals surface area contributed by atoms with Crippen molar-refractivity contribution in [1.29, 1.82) is 0 Å². The molecule has 2 aromatic carbocycles. The summed E-state index contributed by atoms with van der Waals surface area (Å²) in [4.78, 5) is 39.3. The Hall–Kier alpha value is -3.15. The second kappa shape index (κ2) is 8.03. The summed E-state index contributed by atoms with van der Waals surface area (Å²) in [5, 5.41) is 0. The molecule has 140 valence electrons. The molecular formula is C21H21NO5.